The SMILES string of the molecule is CCCC(NC(=O)Cc1ccccc1)C(=O)Nc1nc2ccc(OCC)cc2s1. The van der Waals surface area contributed by atoms with E-state index in [4.69, 9.17) is 4.74 Å². The van der Waals surface area contributed by atoms with E-state index in [0.29, 0.717) is 18.2 Å². The fraction of sp³-hybridized carbons (Fsp3) is 0.318. The molecule has 0 aliphatic rings. The number of carbonyl (C=O) groups is 2. The molecule has 29 heavy (non-hydrogen) atoms. The summed E-state index contributed by atoms with van der Waals surface area (Å²) in [6, 6.07) is 14.5. The van der Waals surface area contributed by atoms with Crippen LogP contribution in [0, 0.1) is 0 Å². The van der Waals surface area contributed by atoms with Gasteiger partial charge in [-0.3, -0.25) is 9.59 Å². The van der Waals surface area contributed by atoms with Crippen molar-refractivity contribution < 1.29 is 14.3 Å². The van der Waals surface area contributed by atoms with Crippen LogP contribution < -0.4 is 15.4 Å². The van der Waals surface area contributed by atoms with Crippen LogP contribution in [0.4, 0.5) is 5.13 Å². The molecule has 0 aliphatic heterocycles. The van der Waals surface area contributed by atoms with Gasteiger partial charge in [0.05, 0.1) is 23.2 Å². The monoisotopic (exact) mass is 411 g/mol. The van der Waals surface area contributed by atoms with Crippen molar-refractivity contribution >= 4 is 38.5 Å². The van der Waals surface area contributed by atoms with E-state index in [1.165, 1.54) is 11.3 Å². The number of nitrogens with one attached hydrogen (secondary N) is 2. The number of aromatic nitrogens is 1. The number of ether oxygens (including phenoxy) is 1. The van der Waals surface area contributed by atoms with Gasteiger partial charge in [-0.05, 0) is 37.1 Å². The topological polar surface area (TPSA) is 80.3 Å². The Morgan fingerprint density at radius 2 is 1.93 bits per heavy atom. The van der Waals surface area contributed by atoms with E-state index in [1.807, 2.05) is 62.4 Å². The molecule has 0 saturated heterocycles. The van der Waals surface area contributed by atoms with Crippen LogP contribution in [0.5, 0.6) is 5.75 Å². The van der Waals surface area contributed by atoms with E-state index < -0.39 is 6.04 Å². The molecular formula is C22H25N3O3S. The molecule has 0 bridgehead atoms. The lowest BCUT2D eigenvalue weighted by atomic mass is 10.1. The molecule has 1 aromatic heterocycles. The minimum Gasteiger partial charge on any atom is -0.494 e. The van der Waals surface area contributed by atoms with Gasteiger partial charge in [0.15, 0.2) is 5.13 Å². The van der Waals surface area contributed by atoms with Gasteiger partial charge in [-0.15, -0.1) is 0 Å². The quantitative estimate of drug-likeness (QED) is 0.554. The average molecular weight is 412 g/mol. The van der Waals surface area contributed by atoms with E-state index >= 15 is 0 Å². The van der Waals surface area contributed by atoms with E-state index in [0.717, 1.165) is 28.0 Å². The molecule has 0 aliphatic carbocycles. The summed E-state index contributed by atoms with van der Waals surface area (Å²) in [6.45, 7) is 4.51. The molecule has 0 radical (unpaired) electrons. The van der Waals surface area contributed by atoms with Gasteiger partial charge in [-0.1, -0.05) is 55.0 Å². The second-order valence-electron chi connectivity index (χ2n) is 6.64. The van der Waals surface area contributed by atoms with Crippen molar-refractivity contribution in [2.45, 2.75) is 39.2 Å². The third kappa shape index (κ3) is 5.77. The minimum atomic E-state index is -0.595. The highest BCUT2D eigenvalue weighted by Crippen LogP contribution is 2.29. The number of amides is 2. The van der Waals surface area contributed by atoms with Gasteiger partial charge in [-0.2, -0.15) is 0 Å². The summed E-state index contributed by atoms with van der Waals surface area (Å²) < 4.78 is 6.45. The molecule has 2 amide bonds. The molecular weight excluding hydrogens is 386 g/mol. The van der Waals surface area contributed by atoms with E-state index in [9.17, 15) is 9.59 Å². The molecule has 3 rings (SSSR count). The molecule has 152 valence electrons. The first-order valence-corrected chi connectivity index (χ1v) is 10.6. The van der Waals surface area contributed by atoms with Gasteiger partial charge in [0, 0.05) is 0 Å². The maximum Gasteiger partial charge on any atom is 0.248 e. The van der Waals surface area contributed by atoms with Crippen molar-refractivity contribution in [1.82, 2.24) is 10.3 Å². The molecule has 6 nitrogen and oxygen atoms in total. The van der Waals surface area contributed by atoms with Crippen LogP contribution in [0.1, 0.15) is 32.3 Å². The van der Waals surface area contributed by atoms with E-state index in [1.54, 1.807) is 0 Å². The number of thiazole rings is 1. The van der Waals surface area contributed by atoms with Crippen LogP contribution in [0.2, 0.25) is 0 Å². The van der Waals surface area contributed by atoms with Crippen molar-refractivity contribution in [1.29, 1.82) is 0 Å². The average Bonchev–Trinajstić information content (AvgIpc) is 3.10. The first-order chi connectivity index (χ1) is 14.1. The van der Waals surface area contributed by atoms with Crippen molar-refractivity contribution in [3.8, 4) is 5.75 Å². The molecule has 1 atom stereocenters. The summed E-state index contributed by atoms with van der Waals surface area (Å²) in [4.78, 5) is 29.6. The van der Waals surface area contributed by atoms with Gasteiger partial charge in [0.1, 0.15) is 11.8 Å². The van der Waals surface area contributed by atoms with Gasteiger partial charge >= 0.3 is 0 Å². The van der Waals surface area contributed by atoms with Crippen molar-refractivity contribution in [2.24, 2.45) is 0 Å². The van der Waals surface area contributed by atoms with Crippen molar-refractivity contribution in [3.05, 3.63) is 54.1 Å². The fourth-order valence-corrected chi connectivity index (χ4v) is 3.89. The Labute approximate surface area is 174 Å². The van der Waals surface area contributed by atoms with Crippen LogP contribution in [-0.2, 0) is 16.0 Å². The van der Waals surface area contributed by atoms with Crippen molar-refractivity contribution in [2.75, 3.05) is 11.9 Å². The first-order valence-electron chi connectivity index (χ1n) is 9.76. The second kappa shape index (κ2) is 10.0. The number of hydrogen-bond donors (Lipinski definition) is 2. The Bertz CT molecular complexity index is 972. The molecule has 7 heteroatoms. The summed E-state index contributed by atoms with van der Waals surface area (Å²) >= 11 is 1.39. The maximum atomic E-state index is 12.8. The predicted molar refractivity (Wildman–Crippen MR) is 116 cm³/mol. The third-order valence-electron chi connectivity index (χ3n) is 4.34. The lowest BCUT2D eigenvalue weighted by molar-refractivity contribution is -0.126. The zero-order chi connectivity index (χ0) is 20.6. The Hall–Kier alpha value is -2.93. The Morgan fingerprint density at radius 3 is 2.66 bits per heavy atom. The molecule has 2 aromatic carbocycles. The standard InChI is InChI=1S/C22H25N3O3S/c1-3-8-18(23-20(26)13-15-9-6-5-7-10-15)21(27)25-22-24-17-12-11-16(28-4-2)14-19(17)29-22/h5-7,9-12,14,18H,3-4,8,13H2,1-2H3,(H,23,26)(H,24,25,27). The van der Waals surface area contributed by atoms with Gasteiger partial charge in [0.2, 0.25) is 11.8 Å². The number of hydrogen-bond acceptors (Lipinski definition) is 5. The molecule has 0 spiro atoms. The largest absolute Gasteiger partial charge is 0.494 e. The predicted octanol–water partition coefficient (Wildman–Crippen LogP) is 4.16. The molecule has 1 unspecified atom stereocenters. The van der Waals surface area contributed by atoms with Crippen LogP contribution >= 0.6 is 11.3 Å². The summed E-state index contributed by atoms with van der Waals surface area (Å²) in [5.41, 5.74) is 1.71. The van der Waals surface area contributed by atoms with Crippen LogP contribution in [-0.4, -0.2) is 29.4 Å². The summed E-state index contributed by atoms with van der Waals surface area (Å²) in [7, 11) is 0. The minimum absolute atomic E-state index is 0.171. The highest BCUT2D eigenvalue weighted by Gasteiger charge is 2.21. The third-order valence-corrected chi connectivity index (χ3v) is 5.27. The van der Waals surface area contributed by atoms with E-state index in [2.05, 4.69) is 15.6 Å². The lowest BCUT2D eigenvalue weighted by Gasteiger charge is -2.17. The van der Waals surface area contributed by atoms with Crippen molar-refractivity contribution in [3.63, 3.8) is 0 Å². The Kier molecular flexibility index (Phi) is 7.19. The van der Waals surface area contributed by atoms with Gasteiger partial charge < -0.3 is 15.4 Å². The number of fused-ring (bicyclic) bond motifs is 1. The zero-order valence-electron chi connectivity index (χ0n) is 16.6. The second-order valence-corrected chi connectivity index (χ2v) is 7.67. The number of carbonyl (C=O) groups excluding carboxylic acids is 2. The molecule has 3 aromatic rings. The molecule has 0 saturated carbocycles. The van der Waals surface area contributed by atoms with Gasteiger partial charge in [-0.25, -0.2) is 4.98 Å². The normalized spacial score (nSPS) is 11.8. The van der Waals surface area contributed by atoms with Crippen LogP contribution in [0.25, 0.3) is 10.2 Å². The Balaban J connectivity index is 1.65. The number of rotatable bonds is 9. The summed E-state index contributed by atoms with van der Waals surface area (Å²) in [6.07, 6.45) is 1.59. The Morgan fingerprint density at radius 1 is 1.14 bits per heavy atom. The number of benzene rings is 2. The van der Waals surface area contributed by atoms with E-state index in [-0.39, 0.29) is 18.2 Å². The summed E-state index contributed by atoms with van der Waals surface area (Å²) in [5, 5.41) is 6.21. The lowest BCUT2D eigenvalue weighted by Crippen LogP contribution is -2.44. The molecule has 0 fully saturated rings. The highest BCUT2D eigenvalue weighted by atomic mass is 32.1. The first kappa shape index (κ1) is 20.8. The fourth-order valence-electron chi connectivity index (χ4n) is 2.99. The summed E-state index contributed by atoms with van der Waals surface area (Å²) in [5.74, 6) is 0.353. The number of nitrogens with zero attached hydrogens (tertiary/aromatic N) is 1. The van der Waals surface area contributed by atoms with Crippen LogP contribution in [0.15, 0.2) is 48.5 Å². The van der Waals surface area contributed by atoms with Crippen LogP contribution in [0.3, 0.4) is 0 Å². The molecule has 1 heterocycles. The van der Waals surface area contributed by atoms with Gasteiger partial charge in [0.25, 0.3) is 0 Å². The highest BCUT2D eigenvalue weighted by molar-refractivity contribution is 7.22. The number of anilines is 1. The molecule has 2 N–H and O–H groups in total. The maximum absolute atomic E-state index is 12.8. The zero-order valence-corrected chi connectivity index (χ0v) is 17.4. The smallest absolute Gasteiger partial charge is 0.248 e.